The van der Waals surface area contributed by atoms with Gasteiger partial charge in [0, 0.05) is 16.7 Å². The largest absolute Gasteiger partial charge is 0.398 e. The van der Waals surface area contributed by atoms with Gasteiger partial charge in [0.1, 0.15) is 5.54 Å². The molecule has 2 saturated heterocycles. The lowest BCUT2D eigenvalue weighted by Crippen LogP contribution is -2.49. The summed E-state index contributed by atoms with van der Waals surface area (Å²) >= 11 is 3.29. The van der Waals surface area contributed by atoms with Crippen molar-refractivity contribution < 1.29 is 14.4 Å². The van der Waals surface area contributed by atoms with Crippen LogP contribution in [0.2, 0.25) is 0 Å². The Balaban J connectivity index is 1.82. The molecule has 1 aromatic rings. The first-order valence-corrected chi connectivity index (χ1v) is 7.18. The molecule has 1 aromatic carbocycles. The number of likely N-dealkylation sites (tertiary alicyclic amines) is 1. The Morgan fingerprint density at radius 3 is 2.76 bits per heavy atom. The summed E-state index contributed by atoms with van der Waals surface area (Å²) in [6.07, 6.45) is 0.396. The van der Waals surface area contributed by atoms with E-state index in [1.165, 1.54) is 4.90 Å². The summed E-state index contributed by atoms with van der Waals surface area (Å²) in [7, 11) is 0. The Kier molecular flexibility index (Phi) is 3.12. The number of imide groups is 1. The molecule has 8 heteroatoms. The SMILES string of the molecule is Nc1cc(Br)ccc1C(=O)N1CCC2(C1)NC(=O)NC2=O. The second kappa shape index (κ2) is 4.73. The van der Waals surface area contributed by atoms with Gasteiger partial charge in [-0.2, -0.15) is 0 Å². The highest BCUT2D eigenvalue weighted by atomic mass is 79.9. The monoisotopic (exact) mass is 352 g/mol. The van der Waals surface area contributed by atoms with E-state index in [0.717, 1.165) is 4.47 Å². The van der Waals surface area contributed by atoms with E-state index in [-0.39, 0.29) is 18.4 Å². The third kappa shape index (κ3) is 2.25. The van der Waals surface area contributed by atoms with Crippen molar-refractivity contribution in [2.75, 3.05) is 18.8 Å². The molecule has 0 aliphatic carbocycles. The molecule has 2 aliphatic rings. The van der Waals surface area contributed by atoms with E-state index in [1.807, 2.05) is 0 Å². The minimum atomic E-state index is -1.00. The van der Waals surface area contributed by atoms with Crippen LogP contribution in [0.5, 0.6) is 0 Å². The number of rotatable bonds is 1. The van der Waals surface area contributed by atoms with Gasteiger partial charge in [-0.15, -0.1) is 0 Å². The molecule has 0 aromatic heterocycles. The predicted molar refractivity (Wildman–Crippen MR) is 78.5 cm³/mol. The van der Waals surface area contributed by atoms with Crippen LogP contribution in [0.1, 0.15) is 16.8 Å². The second-order valence-electron chi connectivity index (χ2n) is 5.20. The average molecular weight is 353 g/mol. The van der Waals surface area contributed by atoms with Crippen molar-refractivity contribution in [1.82, 2.24) is 15.5 Å². The molecule has 4 amide bonds. The number of carbonyl (C=O) groups is 3. The minimum Gasteiger partial charge on any atom is -0.398 e. The zero-order valence-corrected chi connectivity index (χ0v) is 12.6. The van der Waals surface area contributed by atoms with E-state index in [0.29, 0.717) is 24.2 Å². The lowest BCUT2D eigenvalue weighted by atomic mass is 9.99. The van der Waals surface area contributed by atoms with Crippen LogP contribution in [0.4, 0.5) is 10.5 Å². The van der Waals surface area contributed by atoms with E-state index in [1.54, 1.807) is 18.2 Å². The highest BCUT2D eigenvalue weighted by Crippen LogP contribution is 2.27. The number of nitrogen functional groups attached to an aromatic ring is 1. The Bertz CT molecular complexity index is 663. The molecule has 2 fully saturated rings. The zero-order chi connectivity index (χ0) is 15.2. The third-order valence-corrected chi connectivity index (χ3v) is 4.31. The maximum Gasteiger partial charge on any atom is 0.322 e. The van der Waals surface area contributed by atoms with Crippen molar-refractivity contribution in [3.8, 4) is 0 Å². The Hall–Kier alpha value is -2.09. The highest BCUT2D eigenvalue weighted by Gasteiger charge is 2.51. The number of nitrogens with one attached hydrogen (secondary N) is 2. The van der Waals surface area contributed by atoms with Crippen molar-refractivity contribution in [3.05, 3.63) is 28.2 Å². The number of hydrogen-bond donors (Lipinski definition) is 3. The van der Waals surface area contributed by atoms with Crippen molar-refractivity contribution in [3.63, 3.8) is 0 Å². The van der Waals surface area contributed by atoms with Crippen LogP contribution < -0.4 is 16.4 Å². The van der Waals surface area contributed by atoms with E-state index in [4.69, 9.17) is 5.73 Å². The first-order valence-electron chi connectivity index (χ1n) is 6.39. The predicted octanol–water partition coefficient (Wildman–Crippen LogP) is 0.455. The molecule has 1 unspecified atom stereocenters. The van der Waals surface area contributed by atoms with Gasteiger partial charge in [0.15, 0.2) is 0 Å². The summed E-state index contributed by atoms with van der Waals surface area (Å²) in [6.45, 7) is 0.543. The van der Waals surface area contributed by atoms with Gasteiger partial charge in [0.05, 0.1) is 12.1 Å². The van der Waals surface area contributed by atoms with Crippen molar-refractivity contribution in [1.29, 1.82) is 0 Å². The topological polar surface area (TPSA) is 105 Å². The van der Waals surface area contributed by atoms with E-state index in [9.17, 15) is 14.4 Å². The van der Waals surface area contributed by atoms with Crippen molar-refractivity contribution in [2.24, 2.45) is 0 Å². The first-order chi connectivity index (χ1) is 9.91. The summed E-state index contributed by atoms with van der Waals surface area (Å²) in [6, 6.07) is 4.51. The fourth-order valence-electron chi connectivity index (χ4n) is 2.70. The van der Waals surface area contributed by atoms with Gasteiger partial charge in [0.2, 0.25) is 0 Å². The van der Waals surface area contributed by atoms with E-state index >= 15 is 0 Å². The maximum atomic E-state index is 12.5. The molecule has 1 atom stereocenters. The molecule has 0 saturated carbocycles. The zero-order valence-electron chi connectivity index (χ0n) is 11.0. The fraction of sp³-hybridized carbons (Fsp3) is 0.308. The van der Waals surface area contributed by atoms with E-state index < -0.39 is 11.6 Å². The van der Waals surface area contributed by atoms with Crippen LogP contribution in [0.15, 0.2) is 22.7 Å². The molecule has 4 N–H and O–H groups in total. The van der Waals surface area contributed by atoms with Gasteiger partial charge in [-0.25, -0.2) is 4.79 Å². The number of nitrogens with zero attached hydrogens (tertiary/aromatic N) is 1. The van der Waals surface area contributed by atoms with Crippen LogP contribution >= 0.6 is 15.9 Å². The van der Waals surface area contributed by atoms with Crippen LogP contribution in [0.25, 0.3) is 0 Å². The molecule has 21 heavy (non-hydrogen) atoms. The number of amides is 4. The van der Waals surface area contributed by atoms with Gasteiger partial charge in [-0.3, -0.25) is 14.9 Å². The molecular formula is C13H13BrN4O3. The normalized spacial score (nSPS) is 24.3. The summed E-state index contributed by atoms with van der Waals surface area (Å²) in [5.74, 6) is -0.627. The number of urea groups is 1. The summed E-state index contributed by atoms with van der Waals surface area (Å²) in [5, 5.41) is 4.82. The number of anilines is 1. The summed E-state index contributed by atoms with van der Waals surface area (Å²) < 4.78 is 0.789. The Morgan fingerprint density at radius 1 is 1.38 bits per heavy atom. The highest BCUT2D eigenvalue weighted by molar-refractivity contribution is 9.10. The lowest BCUT2D eigenvalue weighted by molar-refractivity contribution is -0.123. The molecular weight excluding hydrogens is 340 g/mol. The molecule has 0 bridgehead atoms. The minimum absolute atomic E-state index is 0.152. The van der Waals surface area contributed by atoms with Crippen LogP contribution in [0, 0.1) is 0 Å². The van der Waals surface area contributed by atoms with E-state index in [2.05, 4.69) is 26.6 Å². The molecule has 3 rings (SSSR count). The van der Waals surface area contributed by atoms with Gasteiger partial charge >= 0.3 is 6.03 Å². The summed E-state index contributed by atoms with van der Waals surface area (Å²) in [5.41, 5.74) is 5.61. The molecule has 2 aliphatic heterocycles. The first kappa shape index (κ1) is 13.9. The van der Waals surface area contributed by atoms with Gasteiger partial charge in [-0.05, 0) is 24.6 Å². The molecule has 0 radical (unpaired) electrons. The van der Waals surface area contributed by atoms with Gasteiger partial charge < -0.3 is 16.0 Å². The van der Waals surface area contributed by atoms with Gasteiger partial charge in [-0.1, -0.05) is 15.9 Å². The smallest absolute Gasteiger partial charge is 0.322 e. The fourth-order valence-corrected chi connectivity index (χ4v) is 3.08. The quantitative estimate of drug-likeness (QED) is 0.504. The number of carbonyl (C=O) groups excluding carboxylic acids is 3. The number of nitrogens with two attached hydrogens (primary N) is 1. The third-order valence-electron chi connectivity index (χ3n) is 3.82. The van der Waals surface area contributed by atoms with Crippen LogP contribution in [0.3, 0.4) is 0 Å². The standard InChI is InChI=1S/C13H13BrN4O3/c14-7-1-2-8(9(15)5-7)10(19)18-4-3-13(6-18)11(20)16-12(21)17-13/h1-2,5H,3-4,6,15H2,(H2,16,17,20,21). The Morgan fingerprint density at radius 2 is 2.14 bits per heavy atom. The van der Waals surface area contributed by atoms with Crippen LogP contribution in [-0.4, -0.2) is 41.4 Å². The number of halogens is 1. The molecule has 1 spiro atoms. The summed E-state index contributed by atoms with van der Waals surface area (Å²) in [4.78, 5) is 37.2. The second-order valence-corrected chi connectivity index (χ2v) is 6.11. The Labute approximate surface area is 129 Å². The number of hydrogen-bond acceptors (Lipinski definition) is 4. The average Bonchev–Trinajstić information content (AvgIpc) is 2.94. The van der Waals surface area contributed by atoms with Crippen molar-refractivity contribution in [2.45, 2.75) is 12.0 Å². The lowest BCUT2D eigenvalue weighted by Gasteiger charge is -2.21. The molecule has 110 valence electrons. The molecule has 7 nitrogen and oxygen atoms in total. The van der Waals surface area contributed by atoms with Crippen LogP contribution in [-0.2, 0) is 4.79 Å². The maximum absolute atomic E-state index is 12.5. The van der Waals surface area contributed by atoms with Crippen molar-refractivity contribution >= 4 is 39.5 Å². The molecule has 2 heterocycles. The number of benzene rings is 1. The van der Waals surface area contributed by atoms with Gasteiger partial charge in [0.25, 0.3) is 11.8 Å².